The van der Waals surface area contributed by atoms with Gasteiger partial charge >= 0.3 is 0 Å². The lowest BCUT2D eigenvalue weighted by Crippen LogP contribution is -2.47. The van der Waals surface area contributed by atoms with Gasteiger partial charge in [0, 0.05) is 19.6 Å². The van der Waals surface area contributed by atoms with Crippen molar-refractivity contribution in [2.24, 2.45) is 5.92 Å². The Morgan fingerprint density at radius 3 is 2.61 bits per heavy atom. The molecule has 1 N–H and O–H groups in total. The number of aryl methyl sites for hydroxylation is 1. The van der Waals surface area contributed by atoms with Gasteiger partial charge in [0.1, 0.15) is 11.9 Å². The van der Waals surface area contributed by atoms with Gasteiger partial charge < -0.3 is 10.1 Å². The number of carbonyl (C=O) groups is 1. The van der Waals surface area contributed by atoms with Crippen LogP contribution in [0.1, 0.15) is 44.1 Å². The molecule has 2 heterocycles. The third-order valence-electron chi connectivity index (χ3n) is 6.22. The lowest BCUT2D eigenvalue weighted by Gasteiger charge is -2.38. The Labute approximate surface area is 165 Å². The van der Waals surface area contributed by atoms with E-state index in [-0.39, 0.29) is 10.8 Å². The van der Waals surface area contributed by atoms with Gasteiger partial charge in [0.05, 0.1) is 10.5 Å². The van der Waals surface area contributed by atoms with Gasteiger partial charge in [0.25, 0.3) is 0 Å². The molecule has 1 aromatic rings. The quantitative estimate of drug-likeness (QED) is 0.809. The van der Waals surface area contributed by atoms with Crippen LogP contribution in [0.2, 0.25) is 0 Å². The van der Waals surface area contributed by atoms with Crippen LogP contribution in [0.3, 0.4) is 0 Å². The predicted octanol–water partition coefficient (Wildman–Crippen LogP) is 2.36. The first-order valence-corrected chi connectivity index (χ1v) is 11.4. The summed E-state index contributed by atoms with van der Waals surface area (Å²) in [5, 5.41) is 2.97. The van der Waals surface area contributed by atoms with E-state index in [0.29, 0.717) is 43.8 Å². The smallest absolute Gasteiger partial charge is 0.249 e. The van der Waals surface area contributed by atoms with Crippen LogP contribution in [0.25, 0.3) is 0 Å². The highest BCUT2D eigenvalue weighted by molar-refractivity contribution is 7.89. The SMILES string of the molecule is Cc1ccc(S(=O)(=O)N2CCC3(CC[C@H](C(=O)NCC4CC4)O3)CC2)cc1F. The van der Waals surface area contributed by atoms with E-state index in [1.54, 1.807) is 6.92 Å². The number of benzene rings is 1. The van der Waals surface area contributed by atoms with Crippen molar-refractivity contribution in [3.05, 3.63) is 29.6 Å². The molecule has 2 aliphatic heterocycles. The molecule has 0 aromatic heterocycles. The zero-order valence-electron chi connectivity index (χ0n) is 16.1. The number of rotatable bonds is 5. The summed E-state index contributed by atoms with van der Waals surface area (Å²) >= 11 is 0. The lowest BCUT2D eigenvalue weighted by molar-refractivity contribution is -0.139. The fraction of sp³-hybridized carbons (Fsp3) is 0.650. The van der Waals surface area contributed by atoms with Crippen LogP contribution in [0.5, 0.6) is 0 Å². The zero-order chi connectivity index (χ0) is 19.9. The van der Waals surface area contributed by atoms with E-state index in [1.165, 1.54) is 29.3 Å². The van der Waals surface area contributed by atoms with Gasteiger partial charge in [0.15, 0.2) is 0 Å². The molecule has 8 heteroatoms. The zero-order valence-corrected chi connectivity index (χ0v) is 16.9. The van der Waals surface area contributed by atoms with Crippen molar-refractivity contribution in [3.8, 4) is 0 Å². The van der Waals surface area contributed by atoms with E-state index in [1.807, 2.05) is 0 Å². The van der Waals surface area contributed by atoms with E-state index < -0.39 is 27.5 Å². The molecular formula is C20H27FN2O4S. The van der Waals surface area contributed by atoms with Crippen molar-refractivity contribution in [2.45, 2.75) is 62.0 Å². The lowest BCUT2D eigenvalue weighted by atomic mass is 9.89. The number of carbonyl (C=O) groups excluding carboxylic acids is 1. The summed E-state index contributed by atoms with van der Waals surface area (Å²) in [6, 6.07) is 4.02. The van der Waals surface area contributed by atoms with Gasteiger partial charge in [-0.15, -0.1) is 0 Å². The first-order valence-electron chi connectivity index (χ1n) is 10.0. The normalized spacial score (nSPS) is 25.1. The summed E-state index contributed by atoms with van der Waals surface area (Å²) in [4.78, 5) is 12.3. The van der Waals surface area contributed by atoms with Crippen molar-refractivity contribution < 1.29 is 22.3 Å². The average molecular weight is 411 g/mol. The Kier molecular flexibility index (Phi) is 5.22. The standard InChI is InChI=1S/C20H27FN2O4S/c1-14-2-5-16(12-17(14)21)28(25,26)23-10-8-20(9-11-23)7-6-18(27-20)19(24)22-13-15-3-4-15/h2,5,12,15,18H,3-4,6-11,13H2,1H3,(H,22,24)/t18-/m1/s1. The number of halogens is 1. The molecule has 1 aromatic carbocycles. The molecule has 0 unspecified atom stereocenters. The molecule has 3 fully saturated rings. The summed E-state index contributed by atoms with van der Waals surface area (Å²) in [5.41, 5.74) is -0.00604. The Hall–Kier alpha value is -1.51. The highest BCUT2D eigenvalue weighted by atomic mass is 32.2. The maximum atomic E-state index is 13.8. The largest absolute Gasteiger partial charge is 0.362 e. The van der Waals surface area contributed by atoms with E-state index in [9.17, 15) is 17.6 Å². The molecule has 0 bridgehead atoms. The number of piperidine rings is 1. The molecule has 1 saturated carbocycles. The second-order valence-electron chi connectivity index (χ2n) is 8.33. The Morgan fingerprint density at radius 1 is 1.25 bits per heavy atom. The summed E-state index contributed by atoms with van der Waals surface area (Å²) in [7, 11) is -3.73. The predicted molar refractivity (Wildman–Crippen MR) is 102 cm³/mol. The Balaban J connectivity index is 1.36. The topological polar surface area (TPSA) is 75.7 Å². The second-order valence-corrected chi connectivity index (χ2v) is 10.3. The molecule has 1 atom stereocenters. The van der Waals surface area contributed by atoms with E-state index >= 15 is 0 Å². The van der Waals surface area contributed by atoms with E-state index in [4.69, 9.17) is 4.74 Å². The van der Waals surface area contributed by atoms with E-state index in [2.05, 4.69) is 5.32 Å². The summed E-state index contributed by atoms with van der Waals surface area (Å²) in [6.07, 6.45) is 4.47. The minimum absolute atomic E-state index is 0.0174. The first kappa shape index (κ1) is 19.8. The molecule has 1 amide bonds. The summed E-state index contributed by atoms with van der Waals surface area (Å²) < 4.78 is 47.0. The molecule has 154 valence electrons. The summed E-state index contributed by atoms with van der Waals surface area (Å²) in [6.45, 7) is 2.96. The minimum atomic E-state index is -3.73. The van der Waals surface area contributed by atoms with Crippen molar-refractivity contribution in [3.63, 3.8) is 0 Å². The first-order chi connectivity index (χ1) is 13.3. The number of nitrogens with one attached hydrogen (secondary N) is 1. The maximum absolute atomic E-state index is 13.8. The van der Waals surface area contributed by atoms with Gasteiger partial charge in [-0.25, -0.2) is 12.8 Å². The Morgan fingerprint density at radius 2 is 1.96 bits per heavy atom. The fourth-order valence-corrected chi connectivity index (χ4v) is 5.52. The molecule has 6 nitrogen and oxygen atoms in total. The van der Waals surface area contributed by atoms with Crippen LogP contribution < -0.4 is 5.32 Å². The molecule has 1 aliphatic carbocycles. The highest BCUT2D eigenvalue weighted by Crippen LogP contribution is 2.40. The van der Waals surface area contributed by atoms with Gasteiger partial charge in [-0.3, -0.25) is 4.79 Å². The van der Waals surface area contributed by atoms with Crippen LogP contribution in [0, 0.1) is 18.7 Å². The molecular weight excluding hydrogens is 383 g/mol. The van der Waals surface area contributed by atoms with Gasteiger partial charge in [0.2, 0.25) is 15.9 Å². The third kappa shape index (κ3) is 3.95. The van der Waals surface area contributed by atoms with Crippen molar-refractivity contribution in [1.82, 2.24) is 9.62 Å². The number of ether oxygens (including phenoxy) is 1. The number of hydrogen-bond donors (Lipinski definition) is 1. The summed E-state index contributed by atoms with van der Waals surface area (Å²) in [5.74, 6) is 0.0575. The van der Waals surface area contributed by atoms with Gasteiger partial charge in [-0.2, -0.15) is 4.31 Å². The van der Waals surface area contributed by atoms with Crippen LogP contribution in [0.15, 0.2) is 23.1 Å². The van der Waals surface area contributed by atoms with Crippen LogP contribution in [0.4, 0.5) is 4.39 Å². The fourth-order valence-electron chi connectivity index (χ4n) is 4.06. The van der Waals surface area contributed by atoms with Crippen LogP contribution >= 0.6 is 0 Å². The molecule has 4 rings (SSSR count). The molecule has 0 radical (unpaired) electrons. The van der Waals surface area contributed by atoms with Crippen LogP contribution in [-0.4, -0.2) is 50.0 Å². The molecule has 2 saturated heterocycles. The molecule has 28 heavy (non-hydrogen) atoms. The highest BCUT2D eigenvalue weighted by Gasteiger charge is 2.46. The van der Waals surface area contributed by atoms with Crippen molar-refractivity contribution >= 4 is 15.9 Å². The van der Waals surface area contributed by atoms with Crippen molar-refractivity contribution in [2.75, 3.05) is 19.6 Å². The number of amides is 1. The second kappa shape index (κ2) is 7.39. The minimum Gasteiger partial charge on any atom is -0.362 e. The maximum Gasteiger partial charge on any atom is 0.249 e. The van der Waals surface area contributed by atoms with E-state index in [0.717, 1.165) is 19.0 Å². The molecule has 1 spiro atoms. The van der Waals surface area contributed by atoms with Crippen molar-refractivity contribution in [1.29, 1.82) is 0 Å². The van der Waals surface area contributed by atoms with Crippen LogP contribution in [-0.2, 0) is 19.6 Å². The Bertz CT molecular complexity index is 861. The van der Waals surface area contributed by atoms with Gasteiger partial charge in [-0.1, -0.05) is 6.07 Å². The van der Waals surface area contributed by atoms with Gasteiger partial charge in [-0.05, 0) is 69.1 Å². The number of nitrogens with zero attached hydrogens (tertiary/aromatic N) is 1. The molecule has 3 aliphatic rings. The number of hydrogen-bond acceptors (Lipinski definition) is 4. The third-order valence-corrected chi connectivity index (χ3v) is 8.12. The number of sulfonamides is 1. The average Bonchev–Trinajstić information content (AvgIpc) is 3.42. The monoisotopic (exact) mass is 410 g/mol.